The summed E-state index contributed by atoms with van der Waals surface area (Å²) < 4.78 is 29.2. The molecule has 0 aliphatic rings. The number of hydrogen-bond acceptors (Lipinski definition) is 4. The van der Waals surface area contributed by atoms with Gasteiger partial charge in [-0.2, -0.15) is 5.10 Å². The van der Waals surface area contributed by atoms with E-state index in [1.165, 1.54) is 0 Å². The molecule has 5 nitrogen and oxygen atoms in total. The average Bonchev–Trinajstić information content (AvgIpc) is 2.81. The van der Waals surface area contributed by atoms with Crippen LogP contribution in [0.1, 0.15) is 46.7 Å². The number of carboxylic acid groups (broad SMARTS) is 1. The number of carbonyl (C=O) groups excluding carboxylic acids is 1. The van der Waals surface area contributed by atoms with Crippen LogP contribution in [0, 0.1) is 11.6 Å². The fraction of sp³-hybridized carbons (Fsp3) is 0.412. The van der Waals surface area contributed by atoms with E-state index in [0.29, 0.717) is 12.1 Å². The van der Waals surface area contributed by atoms with Crippen molar-refractivity contribution in [3.05, 3.63) is 51.8 Å². The molecule has 0 saturated heterocycles. The first-order chi connectivity index (χ1) is 11.4. The molecule has 1 N–H and O–H groups in total. The van der Waals surface area contributed by atoms with E-state index >= 15 is 0 Å². The number of aromatic carboxylic acids is 1. The molecule has 0 aliphatic carbocycles. The normalized spacial score (nSPS) is 10.6. The number of halogens is 2. The van der Waals surface area contributed by atoms with Crippen molar-refractivity contribution in [1.29, 1.82) is 0 Å². The van der Waals surface area contributed by atoms with Crippen LogP contribution >= 0.6 is 0 Å². The fourth-order valence-corrected chi connectivity index (χ4v) is 2.85. The van der Waals surface area contributed by atoms with Gasteiger partial charge in [-0.1, -0.05) is 13.8 Å². The molecule has 25 heavy (non-hydrogen) atoms. The molecule has 0 radical (unpaired) electrons. The Morgan fingerprint density at radius 1 is 1.20 bits per heavy atom. The molecule has 0 aliphatic heterocycles. The molecule has 1 aromatic heterocycles. The van der Waals surface area contributed by atoms with Crippen molar-refractivity contribution in [3.63, 3.8) is 0 Å². The van der Waals surface area contributed by atoms with Crippen molar-refractivity contribution >= 4 is 5.97 Å². The van der Waals surface area contributed by atoms with Crippen LogP contribution in [0.2, 0.25) is 0 Å². The molecule has 8 heteroatoms. The van der Waals surface area contributed by atoms with Crippen LogP contribution in [0.15, 0.2) is 12.1 Å². The van der Waals surface area contributed by atoms with Gasteiger partial charge in [0, 0.05) is 31.4 Å². The number of benzene rings is 1. The minimum absolute atomic E-state index is 0. The van der Waals surface area contributed by atoms with Crippen LogP contribution in [-0.4, -0.2) is 15.7 Å². The number of aryl methyl sites for hydroxylation is 2. The number of aromatic nitrogens is 2. The molecular formula is C17H20F2N3NaO2. The van der Waals surface area contributed by atoms with Gasteiger partial charge in [-0.25, -0.2) is 8.78 Å². The van der Waals surface area contributed by atoms with Gasteiger partial charge in [0.25, 0.3) is 0 Å². The van der Waals surface area contributed by atoms with Crippen molar-refractivity contribution in [1.82, 2.24) is 15.1 Å². The monoisotopic (exact) mass is 359 g/mol. The maximum Gasteiger partial charge on any atom is 1.00 e. The molecule has 0 atom stereocenters. The first-order valence-electron chi connectivity index (χ1n) is 7.82. The van der Waals surface area contributed by atoms with Gasteiger partial charge in [0.2, 0.25) is 0 Å². The van der Waals surface area contributed by atoms with Gasteiger partial charge < -0.3 is 15.2 Å². The van der Waals surface area contributed by atoms with Crippen molar-refractivity contribution in [3.8, 4) is 0 Å². The van der Waals surface area contributed by atoms with Gasteiger partial charge in [-0.15, -0.1) is 0 Å². The third kappa shape index (κ3) is 4.88. The first kappa shape index (κ1) is 21.8. The smallest absolute Gasteiger partial charge is 0.545 e. The van der Waals surface area contributed by atoms with Crippen LogP contribution in [0.25, 0.3) is 0 Å². The molecule has 0 amide bonds. The second-order valence-electron chi connectivity index (χ2n) is 5.53. The first-order valence-corrected chi connectivity index (χ1v) is 7.82. The molecule has 0 saturated carbocycles. The van der Waals surface area contributed by atoms with Gasteiger partial charge in [0.05, 0.1) is 17.2 Å². The second-order valence-corrected chi connectivity index (χ2v) is 5.53. The zero-order valence-corrected chi connectivity index (χ0v) is 16.9. The summed E-state index contributed by atoms with van der Waals surface area (Å²) in [6, 6.07) is 2.01. The third-order valence-corrected chi connectivity index (χ3v) is 3.96. The van der Waals surface area contributed by atoms with Crippen molar-refractivity contribution in [2.75, 3.05) is 0 Å². The van der Waals surface area contributed by atoms with Crippen molar-refractivity contribution in [2.24, 2.45) is 7.05 Å². The van der Waals surface area contributed by atoms with E-state index in [1.807, 2.05) is 25.6 Å². The van der Waals surface area contributed by atoms with E-state index in [9.17, 15) is 18.7 Å². The predicted octanol–water partition coefficient (Wildman–Crippen LogP) is -1.52. The van der Waals surface area contributed by atoms with Crippen LogP contribution in [0.3, 0.4) is 0 Å². The Morgan fingerprint density at radius 3 is 2.28 bits per heavy atom. The van der Waals surface area contributed by atoms with Gasteiger partial charge in [0.15, 0.2) is 0 Å². The van der Waals surface area contributed by atoms with Gasteiger partial charge >= 0.3 is 29.6 Å². The largest absolute Gasteiger partial charge is 1.00 e. The van der Waals surface area contributed by atoms with Crippen LogP contribution in [0.5, 0.6) is 0 Å². The molecule has 0 unspecified atom stereocenters. The molecule has 2 aromatic rings. The predicted molar refractivity (Wildman–Crippen MR) is 83.2 cm³/mol. The Kier molecular flexibility index (Phi) is 8.21. The Balaban J connectivity index is 0.00000312. The minimum atomic E-state index is -1.86. The van der Waals surface area contributed by atoms with E-state index in [0.717, 1.165) is 41.9 Å². The SMILES string of the molecule is CCc1nn(C)c(CC)c1CNCc1cc(F)c(C(=O)[O-])c(F)c1.[Na+]. The van der Waals surface area contributed by atoms with Gasteiger partial charge in [-0.3, -0.25) is 4.68 Å². The molecular weight excluding hydrogens is 339 g/mol. The summed E-state index contributed by atoms with van der Waals surface area (Å²) in [5, 5.41) is 18.3. The van der Waals surface area contributed by atoms with Gasteiger partial charge in [0.1, 0.15) is 11.6 Å². The fourth-order valence-electron chi connectivity index (χ4n) is 2.85. The summed E-state index contributed by atoms with van der Waals surface area (Å²) >= 11 is 0. The number of nitrogens with zero attached hydrogens (tertiary/aromatic N) is 2. The zero-order chi connectivity index (χ0) is 17.9. The molecule has 0 spiro atoms. The standard InChI is InChI=1S/C17H21F2N3O2.Na/c1-4-14-11(15(5-2)22(3)21-14)9-20-8-10-6-12(18)16(17(23)24)13(19)7-10;/h6-7,20H,4-5,8-9H2,1-3H3,(H,23,24);/q;+1/p-1. The maximum absolute atomic E-state index is 13.7. The van der Waals surface area contributed by atoms with E-state index < -0.39 is 23.2 Å². The summed E-state index contributed by atoms with van der Waals surface area (Å²) in [5.41, 5.74) is 2.49. The Labute approximate surface area is 167 Å². The second kappa shape index (κ2) is 9.43. The van der Waals surface area contributed by atoms with Crippen LogP contribution in [0.4, 0.5) is 8.78 Å². The molecule has 0 fully saturated rings. The van der Waals surface area contributed by atoms with E-state index in [1.54, 1.807) is 0 Å². The van der Waals surface area contributed by atoms with Crippen LogP contribution < -0.4 is 40.0 Å². The Morgan fingerprint density at radius 2 is 1.80 bits per heavy atom. The minimum Gasteiger partial charge on any atom is -0.545 e. The number of carbonyl (C=O) groups is 1. The molecule has 1 heterocycles. The summed E-state index contributed by atoms with van der Waals surface area (Å²) in [4.78, 5) is 10.7. The van der Waals surface area contributed by atoms with Crippen molar-refractivity contribution < 1.29 is 48.2 Å². The molecule has 130 valence electrons. The van der Waals surface area contributed by atoms with E-state index in [4.69, 9.17) is 0 Å². The molecule has 0 bridgehead atoms. The third-order valence-electron chi connectivity index (χ3n) is 3.96. The topological polar surface area (TPSA) is 70.0 Å². The quantitative estimate of drug-likeness (QED) is 0.610. The zero-order valence-electron chi connectivity index (χ0n) is 14.9. The van der Waals surface area contributed by atoms with Gasteiger partial charge in [-0.05, 0) is 30.5 Å². The summed E-state index contributed by atoms with van der Waals surface area (Å²) in [6.07, 6.45) is 1.64. The Bertz CT molecular complexity index is 740. The van der Waals surface area contributed by atoms with E-state index in [-0.39, 0.29) is 36.1 Å². The van der Waals surface area contributed by atoms with E-state index in [2.05, 4.69) is 10.4 Å². The number of carboxylic acids is 1. The number of hydrogen-bond donors (Lipinski definition) is 1. The average molecular weight is 359 g/mol. The number of rotatable bonds is 7. The van der Waals surface area contributed by atoms with Crippen molar-refractivity contribution in [2.45, 2.75) is 39.8 Å². The van der Waals surface area contributed by atoms with Crippen LogP contribution in [-0.2, 0) is 33.0 Å². The molecule has 2 rings (SSSR count). The summed E-state index contributed by atoms with van der Waals surface area (Å²) in [5.74, 6) is -4.12. The Hall–Kier alpha value is -1.28. The summed E-state index contributed by atoms with van der Waals surface area (Å²) in [7, 11) is 1.89. The molecule has 1 aromatic carbocycles. The summed E-state index contributed by atoms with van der Waals surface area (Å²) in [6.45, 7) is 4.80. The maximum atomic E-state index is 13.7. The number of nitrogens with one attached hydrogen (secondary N) is 1.